The molecule has 4 aromatic rings. The van der Waals surface area contributed by atoms with Crippen LogP contribution in [-0.4, -0.2) is 55.2 Å². The van der Waals surface area contributed by atoms with Gasteiger partial charge in [0.1, 0.15) is 11.1 Å². The van der Waals surface area contributed by atoms with Gasteiger partial charge < -0.3 is 19.4 Å². The molecule has 192 valence electrons. The molecule has 37 heavy (non-hydrogen) atoms. The van der Waals surface area contributed by atoms with Gasteiger partial charge in [0.15, 0.2) is 11.5 Å². The number of nitrogens with one attached hydrogen (secondary N) is 1. The van der Waals surface area contributed by atoms with Gasteiger partial charge in [0, 0.05) is 36.9 Å². The number of carbonyl (C=O) groups is 2. The number of hydrogen-bond donors (Lipinski definition) is 1. The van der Waals surface area contributed by atoms with Gasteiger partial charge in [-0.15, -0.1) is 5.10 Å². The number of imidazole rings is 1. The third-order valence-corrected chi connectivity index (χ3v) is 6.43. The van der Waals surface area contributed by atoms with Crippen molar-refractivity contribution >= 4 is 34.2 Å². The highest BCUT2D eigenvalue weighted by atomic mass is 19.1. The number of amides is 2. The molecule has 10 heteroatoms. The number of anilines is 1. The monoisotopic (exact) mass is 504 g/mol. The maximum absolute atomic E-state index is 14.5. The molecule has 1 saturated heterocycles. The van der Waals surface area contributed by atoms with Crippen LogP contribution in [0.2, 0.25) is 0 Å². The van der Waals surface area contributed by atoms with Gasteiger partial charge in [-0.1, -0.05) is 6.07 Å². The van der Waals surface area contributed by atoms with Crippen LogP contribution in [0.5, 0.6) is 0 Å². The number of carbonyl (C=O) groups excluding carboxylic acids is 2. The highest BCUT2D eigenvalue weighted by molar-refractivity contribution is 6.12. The Labute approximate surface area is 213 Å². The number of fused-ring (bicyclic) bond motifs is 2. The lowest BCUT2D eigenvalue weighted by Crippen LogP contribution is -2.41. The largest absolute Gasteiger partial charge is 0.444 e. The number of likely N-dealkylation sites (tertiary alicyclic amines) is 1. The number of nitrogens with zero attached hydrogens (tertiary/aromatic N) is 5. The Bertz CT molecular complexity index is 1500. The second-order valence-electron chi connectivity index (χ2n) is 10.4. The number of aromatic nitrogens is 4. The van der Waals surface area contributed by atoms with Crippen molar-refractivity contribution in [2.45, 2.75) is 52.1 Å². The summed E-state index contributed by atoms with van der Waals surface area (Å²) in [5, 5.41) is 11.9. The van der Waals surface area contributed by atoms with Gasteiger partial charge in [-0.05, 0) is 64.2 Å². The van der Waals surface area contributed by atoms with Crippen molar-refractivity contribution in [3.63, 3.8) is 0 Å². The molecule has 5 rings (SSSR count). The van der Waals surface area contributed by atoms with Crippen LogP contribution in [0.1, 0.15) is 61.1 Å². The maximum Gasteiger partial charge on any atom is 0.410 e. The molecule has 0 spiro atoms. The molecule has 0 bridgehead atoms. The van der Waals surface area contributed by atoms with Gasteiger partial charge in [0.05, 0.1) is 23.1 Å². The standard InChI is InChI=1S/C27H29FN6O3/c1-16-14-34-15-18(13-22(28)24(34)30-16)31-25(35)21-6-5-19(20-7-10-29-32-23(20)21)17-8-11-33(12-9-17)26(36)37-27(2,3)4/h5-7,10,13-15,17H,8-9,11-12H2,1-4H3,(H,31,35). The number of hydrogen-bond acceptors (Lipinski definition) is 6. The summed E-state index contributed by atoms with van der Waals surface area (Å²) in [5.41, 5.74) is 2.54. The smallest absolute Gasteiger partial charge is 0.410 e. The molecule has 0 unspecified atom stereocenters. The first-order valence-corrected chi connectivity index (χ1v) is 12.3. The van der Waals surface area contributed by atoms with Crippen LogP contribution in [0.15, 0.2) is 42.9 Å². The number of benzene rings is 1. The van der Waals surface area contributed by atoms with Gasteiger partial charge in [0.25, 0.3) is 5.91 Å². The van der Waals surface area contributed by atoms with E-state index in [9.17, 15) is 14.0 Å². The number of pyridine rings is 1. The number of aryl methyl sites for hydroxylation is 1. The maximum atomic E-state index is 14.5. The second-order valence-corrected chi connectivity index (χ2v) is 10.4. The minimum absolute atomic E-state index is 0.198. The Morgan fingerprint density at radius 1 is 1.14 bits per heavy atom. The average Bonchev–Trinajstić information content (AvgIpc) is 3.23. The van der Waals surface area contributed by atoms with Crippen LogP contribution >= 0.6 is 0 Å². The van der Waals surface area contributed by atoms with E-state index in [1.807, 2.05) is 32.9 Å². The molecule has 2 amide bonds. The third kappa shape index (κ3) is 5.09. The predicted molar refractivity (Wildman–Crippen MR) is 137 cm³/mol. The molecule has 1 fully saturated rings. The lowest BCUT2D eigenvalue weighted by Gasteiger charge is -2.34. The van der Waals surface area contributed by atoms with E-state index in [4.69, 9.17) is 4.74 Å². The Morgan fingerprint density at radius 2 is 1.89 bits per heavy atom. The molecule has 0 aliphatic carbocycles. The zero-order chi connectivity index (χ0) is 26.3. The lowest BCUT2D eigenvalue weighted by atomic mass is 9.86. The Hall–Kier alpha value is -4.08. The lowest BCUT2D eigenvalue weighted by molar-refractivity contribution is 0.0205. The SMILES string of the molecule is Cc1cn2cc(NC(=O)c3ccc(C4CCN(C(=O)OC(C)(C)C)CC4)c4ccnnc34)cc(F)c2n1. The van der Waals surface area contributed by atoms with E-state index in [1.165, 1.54) is 6.07 Å². The summed E-state index contributed by atoms with van der Waals surface area (Å²) in [6, 6.07) is 6.78. The summed E-state index contributed by atoms with van der Waals surface area (Å²) in [4.78, 5) is 31.5. The molecule has 1 N–H and O–H groups in total. The fourth-order valence-electron chi connectivity index (χ4n) is 4.79. The topological polar surface area (TPSA) is 102 Å². The van der Waals surface area contributed by atoms with E-state index < -0.39 is 17.3 Å². The summed E-state index contributed by atoms with van der Waals surface area (Å²) in [6.45, 7) is 8.52. The van der Waals surface area contributed by atoms with Gasteiger partial charge in [0.2, 0.25) is 0 Å². The third-order valence-electron chi connectivity index (χ3n) is 6.43. The van der Waals surface area contributed by atoms with Crippen molar-refractivity contribution in [2.24, 2.45) is 0 Å². The Kier molecular flexibility index (Phi) is 6.26. The summed E-state index contributed by atoms with van der Waals surface area (Å²) in [5.74, 6) is -0.737. The van der Waals surface area contributed by atoms with Crippen molar-refractivity contribution in [1.29, 1.82) is 0 Å². The van der Waals surface area contributed by atoms with Crippen LogP contribution in [0.4, 0.5) is 14.9 Å². The van der Waals surface area contributed by atoms with E-state index in [2.05, 4.69) is 20.5 Å². The van der Waals surface area contributed by atoms with Crippen molar-refractivity contribution in [2.75, 3.05) is 18.4 Å². The van der Waals surface area contributed by atoms with E-state index >= 15 is 0 Å². The van der Waals surface area contributed by atoms with E-state index in [0.29, 0.717) is 35.6 Å². The quantitative estimate of drug-likeness (QED) is 0.417. The molecule has 0 atom stereocenters. The highest BCUT2D eigenvalue weighted by Gasteiger charge is 2.29. The van der Waals surface area contributed by atoms with Crippen molar-refractivity contribution in [3.8, 4) is 0 Å². The van der Waals surface area contributed by atoms with Crippen molar-refractivity contribution < 1.29 is 18.7 Å². The van der Waals surface area contributed by atoms with Crippen LogP contribution in [-0.2, 0) is 4.74 Å². The predicted octanol–water partition coefficient (Wildman–Crippen LogP) is 5.09. The number of rotatable bonds is 3. The fraction of sp³-hybridized carbons (Fsp3) is 0.370. The minimum atomic E-state index is -0.533. The molecule has 9 nitrogen and oxygen atoms in total. The van der Waals surface area contributed by atoms with Crippen LogP contribution in [0, 0.1) is 12.7 Å². The molecule has 1 aliphatic heterocycles. The minimum Gasteiger partial charge on any atom is -0.444 e. The zero-order valence-electron chi connectivity index (χ0n) is 21.3. The van der Waals surface area contributed by atoms with Crippen LogP contribution in [0.3, 0.4) is 0 Å². The number of ether oxygens (including phenoxy) is 1. The van der Waals surface area contributed by atoms with Gasteiger partial charge >= 0.3 is 6.09 Å². The Morgan fingerprint density at radius 3 is 2.62 bits per heavy atom. The van der Waals surface area contributed by atoms with E-state index in [-0.39, 0.29) is 17.7 Å². The second kappa shape index (κ2) is 9.42. The first-order valence-electron chi connectivity index (χ1n) is 12.3. The van der Waals surface area contributed by atoms with E-state index in [0.717, 1.165) is 23.8 Å². The highest BCUT2D eigenvalue weighted by Crippen LogP contribution is 2.34. The summed E-state index contributed by atoms with van der Waals surface area (Å²) in [6.07, 6.45) is 6.16. The molecule has 4 heterocycles. The molecule has 1 aromatic carbocycles. The van der Waals surface area contributed by atoms with E-state index in [1.54, 1.807) is 40.9 Å². The molecular formula is C27H29FN6O3. The van der Waals surface area contributed by atoms with Crippen molar-refractivity contribution in [1.82, 2.24) is 24.5 Å². The molecule has 0 saturated carbocycles. The summed E-state index contributed by atoms with van der Waals surface area (Å²) < 4.78 is 21.5. The molecule has 3 aromatic heterocycles. The van der Waals surface area contributed by atoms with Gasteiger partial charge in [-0.3, -0.25) is 4.79 Å². The fourth-order valence-corrected chi connectivity index (χ4v) is 4.79. The molecule has 0 radical (unpaired) electrons. The Balaban J connectivity index is 1.37. The van der Waals surface area contributed by atoms with Crippen LogP contribution in [0.25, 0.3) is 16.6 Å². The van der Waals surface area contributed by atoms with Gasteiger partial charge in [-0.2, -0.15) is 5.10 Å². The molecule has 1 aliphatic rings. The normalized spacial score (nSPS) is 14.8. The number of piperidine rings is 1. The first kappa shape index (κ1) is 24.6. The number of halogens is 1. The average molecular weight is 505 g/mol. The first-order chi connectivity index (χ1) is 17.6. The van der Waals surface area contributed by atoms with Gasteiger partial charge in [-0.25, -0.2) is 14.2 Å². The summed E-state index contributed by atoms with van der Waals surface area (Å²) >= 11 is 0. The van der Waals surface area contributed by atoms with Crippen LogP contribution < -0.4 is 5.32 Å². The molecular weight excluding hydrogens is 475 g/mol. The summed E-state index contributed by atoms with van der Waals surface area (Å²) in [7, 11) is 0. The van der Waals surface area contributed by atoms with Crippen molar-refractivity contribution in [3.05, 3.63) is 65.5 Å². The zero-order valence-corrected chi connectivity index (χ0v) is 21.3.